The summed E-state index contributed by atoms with van der Waals surface area (Å²) < 4.78 is 28.0. The molecular formula is C15H19NO5S2. The lowest BCUT2D eigenvalue weighted by atomic mass is 10.1. The zero-order valence-corrected chi connectivity index (χ0v) is 14.7. The van der Waals surface area contributed by atoms with Gasteiger partial charge in [-0.2, -0.15) is 11.8 Å². The zero-order chi connectivity index (χ0) is 17.0. The van der Waals surface area contributed by atoms with Gasteiger partial charge in [-0.3, -0.25) is 4.79 Å². The molecule has 0 aromatic heterocycles. The Morgan fingerprint density at radius 3 is 2.52 bits per heavy atom. The lowest BCUT2D eigenvalue weighted by Crippen LogP contribution is -2.51. The molecular weight excluding hydrogens is 338 g/mol. The van der Waals surface area contributed by atoms with Crippen molar-refractivity contribution < 1.29 is 22.7 Å². The highest BCUT2D eigenvalue weighted by molar-refractivity contribution is 7.99. The molecule has 1 saturated heterocycles. The minimum absolute atomic E-state index is 0.158. The second-order valence-corrected chi connectivity index (χ2v) is 8.30. The Bertz CT molecular complexity index is 684. The van der Waals surface area contributed by atoms with Gasteiger partial charge >= 0.3 is 5.97 Å². The van der Waals surface area contributed by atoms with E-state index in [9.17, 15) is 18.0 Å². The molecule has 1 aromatic carbocycles. The van der Waals surface area contributed by atoms with Crippen LogP contribution in [0.25, 0.3) is 0 Å². The maximum absolute atomic E-state index is 12.6. The van der Waals surface area contributed by atoms with E-state index in [1.165, 1.54) is 29.2 Å². The van der Waals surface area contributed by atoms with Crippen LogP contribution in [-0.4, -0.2) is 62.1 Å². The molecule has 2 rings (SSSR count). The van der Waals surface area contributed by atoms with E-state index >= 15 is 0 Å². The van der Waals surface area contributed by atoms with Gasteiger partial charge in [0.15, 0.2) is 9.84 Å². The van der Waals surface area contributed by atoms with E-state index in [2.05, 4.69) is 0 Å². The van der Waals surface area contributed by atoms with Gasteiger partial charge in [0.1, 0.15) is 6.04 Å². The highest BCUT2D eigenvalue weighted by atomic mass is 32.2. The van der Waals surface area contributed by atoms with Crippen molar-refractivity contribution in [1.29, 1.82) is 0 Å². The molecule has 0 N–H and O–H groups in total. The first-order chi connectivity index (χ1) is 10.8. The van der Waals surface area contributed by atoms with Crippen LogP contribution in [0.3, 0.4) is 0 Å². The molecule has 1 aliphatic rings. The number of nitrogens with zero attached hydrogens (tertiary/aromatic N) is 1. The second-order valence-electron chi connectivity index (χ2n) is 5.14. The molecule has 0 spiro atoms. The summed E-state index contributed by atoms with van der Waals surface area (Å²) in [6.07, 6.45) is 1.11. The molecule has 1 heterocycles. The van der Waals surface area contributed by atoms with Crippen molar-refractivity contribution >= 4 is 33.5 Å². The number of ether oxygens (including phenoxy) is 1. The van der Waals surface area contributed by atoms with Gasteiger partial charge in [-0.05, 0) is 31.2 Å². The number of amides is 1. The summed E-state index contributed by atoms with van der Waals surface area (Å²) in [5.74, 6) is 0.568. The maximum atomic E-state index is 12.6. The summed E-state index contributed by atoms with van der Waals surface area (Å²) in [5, 5.41) is 0. The van der Waals surface area contributed by atoms with E-state index in [0.29, 0.717) is 17.9 Å². The average molecular weight is 357 g/mol. The average Bonchev–Trinajstić information content (AvgIpc) is 2.54. The summed E-state index contributed by atoms with van der Waals surface area (Å²) in [6, 6.07) is 5.16. The van der Waals surface area contributed by atoms with Crippen molar-refractivity contribution in [2.24, 2.45) is 0 Å². The second kappa shape index (κ2) is 7.35. The molecule has 1 aromatic rings. The van der Waals surface area contributed by atoms with Gasteiger partial charge < -0.3 is 9.64 Å². The highest BCUT2D eigenvalue weighted by Crippen LogP contribution is 2.21. The van der Waals surface area contributed by atoms with Gasteiger partial charge in [0.2, 0.25) is 0 Å². The number of carbonyl (C=O) groups excluding carboxylic acids is 2. The molecule has 0 bridgehead atoms. The Balaban J connectivity index is 2.21. The van der Waals surface area contributed by atoms with Crippen molar-refractivity contribution in [3.8, 4) is 0 Å². The Morgan fingerprint density at radius 2 is 1.96 bits per heavy atom. The van der Waals surface area contributed by atoms with Crippen LogP contribution >= 0.6 is 11.8 Å². The number of sulfone groups is 1. The molecule has 23 heavy (non-hydrogen) atoms. The van der Waals surface area contributed by atoms with Gasteiger partial charge in [0.05, 0.1) is 11.5 Å². The van der Waals surface area contributed by atoms with Crippen LogP contribution in [0.4, 0.5) is 0 Å². The zero-order valence-electron chi connectivity index (χ0n) is 13.0. The smallest absolute Gasteiger partial charge is 0.329 e. The van der Waals surface area contributed by atoms with Crippen molar-refractivity contribution in [3.63, 3.8) is 0 Å². The van der Waals surface area contributed by atoms with Gasteiger partial charge in [0, 0.05) is 29.9 Å². The molecule has 1 unspecified atom stereocenters. The first-order valence-electron chi connectivity index (χ1n) is 7.20. The molecule has 0 saturated carbocycles. The molecule has 8 heteroatoms. The normalized spacial score (nSPS) is 18.5. The number of carbonyl (C=O) groups is 2. The van der Waals surface area contributed by atoms with Crippen LogP contribution in [0.15, 0.2) is 29.2 Å². The molecule has 0 aliphatic carbocycles. The minimum atomic E-state index is -3.30. The van der Waals surface area contributed by atoms with Gasteiger partial charge in [-0.25, -0.2) is 13.2 Å². The number of benzene rings is 1. The summed E-state index contributed by atoms with van der Waals surface area (Å²) in [7, 11) is -3.30. The third-order valence-corrected chi connectivity index (χ3v) is 5.63. The third kappa shape index (κ3) is 4.26. The first kappa shape index (κ1) is 17.8. The highest BCUT2D eigenvalue weighted by Gasteiger charge is 2.34. The molecule has 6 nitrogen and oxygen atoms in total. The Kier molecular flexibility index (Phi) is 5.69. The number of thioether (sulfide) groups is 1. The fourth-order valence-electron chi connectivity index (χ4n) is 2.29. The predicted octanol–water partition coefficient (Wildman–Crippen LogP) is 1.21. The summed E-state index contributed by atoms with van der Waals surface area (Å²) in [5.41, 5.74) is 0.360. The molecule has 126 valence electrons. The minimum Gasteiger partial charge on any atom is -0.464 e. The van der Waals surface area contributed by atoms with Crippen LogP contribution in [0.5, 0.6) is 0 Å². The Morgan fingerprint density at radius 1 is 1.30 bits per heavy atom. The topological polar surface area (TPSA) is 80.8 Å². The number of hydrogen-bond donors (Lipinski definition) is 0. The van der Waals surface area contributed by atoms with Gasteiger partial charge in [-0.15, -0.1) is 0 Å². The summed E-state index contributed by atoms with van der Waals surface area (Å²) in [6.45, 7) is 2.45. The molecule has 1 fully saturated rings. The fourth-order valence-corrected chi connectivity index (χ4v) is 3.95. The van der Waals surface area contributed by atoms with E-state index in [-0.39, 0.29) is 17.4 Å². The number of rotatable bonds is 4. The van der Waals surface area contributed by atoms with Crippen molar-refractivity contribution in [2.75, 3.05) is 30.9 Å². The monoisotopic (exact) mass is 357 g/mol. The van der Waals surface area contributed by atoms with E-state index in [4.69, 9.17) is 4.74 Å². The van der Waals surface area contributed by atoms with Crippen LogP contribution < -0.4 is 0 Å². The standard InChI is InChI=1S/C15H19NO5S2/c1-3-21-15(18)13-10-22-9-8-16(13)14(17)11-4-6-12(7-5-11)23(2,19)20/h4-7,13H,3,8-10H2,1-2H3. The predicted molar refractivity (Wildman–Crippen MR) is 88.3 cm³/mol. The quantitative estimate of drug-likeness (QED) is 0.754. The fraction of sp³-hybridized carbons (Fsp3) is 0.467. The van der Waals surface area contributed by atoms with Crippen LogP contribution in [0.2, 0.25) is 0 Å². The number of hydrogen-bond acceptors (Lipinski definition) is 6. The van der Waals surface area contributed by atoms with Crippen molar-refractivity contribution in [3.05, 3.63) is 29.8 Å². The van der Waals surface area contributed by atoms with Crippen LogP contribution in [-0.2, 0) is 19.4 Å². The largest absolute Gasteiger partial charge is 0.464 e. The summed E-state index contributed by atoms with van der Waals surface area (Å²) in [4.78, 5) is 26.3. The van der Waals surface area contributed by atoms with Crippen molar-refractivity contribution in [1.82, 2.24) is 4.90 Å². The molecule has 1 atom stereocenters. The molecule has 1 amide bonds. The molecule has 1 aliphatic heterocycles. The van der Waals surface area contributed by atoms with E-state index in [1.807, 2.05) is 0 Å². The van der Waals surface area contributed by atoms with E-state index < -0.39 is 21.8 Å². The molecule has 0 radical (unpaired) electrons. The Labute approximate surface area is 140 Å². The SMILES string of the molecule is CCOC(=O)C1CSCCN1C(=O)c1ccc(S(C)(=O)=O)cc1. The maximum Gasteiger partial charge on any atom is 0.329 e. The van der Waals surface area contributed by atoms with Gasteiger partial charge in [0.25, 0.3) is 5.91 Å². The third-order valence-electron chi connectivity index (χ3n) is 3.48. The number of esters is 1. The van der Waals surface area contributed by atoms with Crippen molar-refractivity contribution in [2.45, 2.75) is 17.9 Å². The van der Waals surface area contributed by atoms with E-state index in [0.717, 1.165) is 12.0 Å². The van der Waals surface area contributed by atoms with Crippen LogP contribution in [0.1, 0.15) is 17.3 Å². The van der Waals surface area contributed by atoms with Crippen LogP contribution in [0, 0.1) is 0 Å². The summed E-state index contributed by atoms with van der Waals surface area (Å²) >= 11 is 1.61. The first-order valence-corrected chi connectivity index (χ1v) is 10.2. The van der Waals surface area contributed by atoms with E-state index in [1.54, 1.807) is 18.7 Å². The lowest BCUT2D eigenvalue weighted by Gasteiger charge is -2.33. The lowest BCUT2D eigenvalue weighted by molar-refractivity contribution is -0.147. The van der Waals surface area contributed by atoms with Gasteiger partial charge in [-0.1, -0.05) is 0 Å². The Hall–Kier alpha value is -1.54.